The molecule has 0 saturated carbocycles. The molecule has 0 fully saturated rings. The lowest BCUT2D eigenvalue weighted by atomic mass is 10.1. The molecule has 0 saturated heterocycles. The van der Waals surface area contributed by atoms with Crippen molar-refractivity contribution >= 4 is 55.8 Å². The predicted octanol–water partition coefficient (Wildman–Crippen LogP) is 6.03. The van der Waals surface area contributed by atoms with Crippen molar-refractivity contribution in [2.75, 3.05) is 0 Å². The SMILES string of the molecule is BrBr.CC(Br)C(=O)c1ccc(O)cc1.CCC(=O)c1ccc(O)cc1. The number of benzene rings is 2. The summed E-state index contributed by atoms with van der Waals surface area (Å²) < 4.78 is 0. The molecular weight excluding hydrogens is 520 g/mol. The first-order valence-corrected chi connectivity index (χ1v) is 11.9. The summed E-state index contributed by atoms with van der Waals surface area (Å²) in [7, 11) is 0. The largest absolute Gasteiger partial charge is 0.508 e. The smallest absolute Gasteiger partial charge is 0.176 e. The highest BCUT2D eigenvalue weighted by molar-refractivity contribution is 9.93. The van der Waals surface area contributed by atoms with Crippen LogP contribution in [0.25, 0.3) is 0 Å². The van der Waals surface area contributed by atoms with Gasteiger partial charge in [-0.05, 0) is 55.5 Å². The first-order valence-electron chi connectivity index (χ1n) is 7.29. The first kappa shape index (κ1) is 23.8. The minimum Gasteiger partial charge on any atom is -0.508 e. The molecule has 0 spiro atoms. The van der Waals surface area contributed by atoms with Crippen LogP contribution in [-0.2, 0) is 0 Å². The van der Waals surface area contributed by atoms with Crippen molar-refractivity contribution in [2.45, 2.75) is 25.1 Å². The third-order valence-electron chi connectivity index (χ3n) is 3.02. The number of carbonyl (C=O) groups is 2. The van der Waals surface area contributed by atoms with Gasteiger partial charge in [0.1, 0.15) is 11.5 Å². The fourth-order valence-electron chi connectivity index (χ4n) is 1.71. The van der Waals surface area contributed by atoms with Gasteiger partial charge in [-0.3, -0.25) is 9.59 Å². The van der Waals surface area contributed by atoms with Gasteiger partial charge in [0.2, 0.25) is 0 Å². The molecule has 2 aromatic rings. The van der Waals surface area contributed by atoms with Crippen LogP contribution in [0, 0.1) is 0 Å². The molecule has 1 atom stereocenters. The Bertz CT molecular complexity index is 653. The average molecular weight is 539 g/mol. The van der Waals surface area contributed by atoms with Gasteiger partial charge in [-0.15, -0.1) is 0 Å². The lowest BCUT2D eigenvalue weighted by molar-refractivity contribution is 0.0983. The summed E-state index contributed by atoms with van der Waals surface area (Å²) in [6.07, 6.45) is 0.505. The third-order valence-corrected chi connectivity index (χ3v) is 3.44. The molecule has 2 N–H and O–H groups in total. The molecule has 0 radical (unpaired) electrons. The highest BCUT2D eigenvalue weighted by Gasteiger charge is 2.10. The van der Waals surface area contributed by atoms with Crippen molar-refractivity contribution in [1.82, 2.24) is 0 Å². The maximum absolute atomic E-state index is 11.3. The number of rotatable bonds is 4. The van der Waals surface area contributed by atoms with Crippen molar-refractivity contribution in [3.05, 3.63) is 59.7 Å². The summed E-state index contributed by atoms with van der Waals surface area (Å²) in [5.74, 6) is 0.492. The van der Waals surface area contributed by atoms with Gasteiger partial charge in [-0.25, -0.2) is 0 Å². The van der Waals surface area contributed by atoms with Crippen LogP contribution >= 0.6 is 44.2 Å². The zero-order valence-corrected chi connectivity index (χ0v) is 18.5. The Morgan fingerprint density at radius 2 is 1.24 bits per heavy atom. The summed E-state index contributed by atoms with van der Waals surface area (Å²) in [4.78, 5) is 22.2. The van der Waals surface area contributed by atoms with E-state index in [0.29, 0.717) is 17.5 Å². The molecule has 0 aliphatic heterocycles. The number of phenols is 2. The minimum atomic E-state index is -0.179. The second kappa shape index (κ2) is 13.1. The first-order chi connectivity index (χ1) is 11.8. The molecule has 0 aliphatic rings. The van der Waals surface area contributed by atoms with Gasteiger partial charge in [0.05, 0.1) is 4.83 Å². The number of hydrogen-bond acceptors (Lipinski definition) is 4. The van der Waals surface area contributed by atoms with Crippen LogP contribution in [0.15, 0.2) is 48.5 Å². The Kier molecular flexibility index (Phi) is 12.5. The molecule has 2 rings (SSSR count). The van der Waals surface area contributed by atoms with E-state index >= 15 is 0 Å². The number of ketones is 2. The van der Waals surface area contributed by atoms with Gasteiger partial charge in [0.25, 0.3) is 0 Å². The van der Waals surface area contributed by atoms with Gasteiger partial charge in [-0.1, -0.05) is 22.9 Å². The van der Waals surface area contributed by atoms with Gasteiger partial charge < -0.3 is 10.2 Å². The fraction of sp³-hybridized carbons (Fsp3) is 0.222. The van der Waals surface area contributed by atoms with E-state index < -0.39 is 0 Å². The van der Waals surface area contributed by atoms with Crippen LogP contribution in [0.1, 0.15) is 41.0 Å². The van der Waals surface area contributed by atoms with Crippen LogP contribution in [0.3, 0.4) is 0 Å². The molecular formula is C18H19Br3O4. The number of Topliss-reactive ketones (excluding diaryl/α,β-unsaturated/α-hetero) is 2. The number of aromatic hydroxyl groups is 2. The molecule has 2 aromatic carbocycles. The summed E-state index contributed by atoms with van der Waals surface area (Å²) in [6.45, 7) is 3.59. The summed E-state index contributed by atoms with van der Waals surface area (Å²) >= 11 is 8.68. The Morgan fingerprint density at radius 1 is 0.880 bits per heavy atom. The van der Waals surface area contributed by atoms with Crippen LogP contribution in [0.2, 0.25) is 0 Å². The summed E-state index contributed by atoms with van der Waals surface area (Å²) in [5, 5.41) is 17.9. The number of hydrogen-bond donors (Lipinski definition) is 2. The van der Waals surface area contributed by atoms with E-state index in [1.165, 1.54) is 24.3 Å². The van der Waals surface area contributed by atoms with E-state index in [9.17, 15) is 9.59 Å². The lowest BCUT2D eigenvalue weighted by Gasteiger charge is -2.01. The molecule has 0 bridgehead atoms. The van der Waals surface area contributed by atoms with Crippen molar-refractivity contribution < 1.29 is 19.8 Å². The van der Waals surface area contributed by atoms with E-state index in [4.69, 9.17) is 10.2 Å². The molecule has 0 heterocycles. The van der Waals surface area contributed by atoms with Gasteiger partial charge in [0.15, 0.2) is 11.6 Å². The Balaban J connectivity index is 0.000000421. The molecule has 0 aromatic heterocycles. The average Bonchev–Trinajstić information content (AvgIpc) is 2.64. The molecule has 0 aliphatic carbocycles. The zero-order chi connectivity index (χ0) is 19.4. The Labute approximate surface area is 171 Å². The number of phenolic OH excluding ortho intramolecular Hbond substituents is 2. The topological polar surface area (TPSA) is 74.6 Å². The molecule has 0 amide bonds. The van der Waals surface area contributed by atoms with E-state index in [0.717, 1.165) is 0 Å². The molecule has 7 heteroatoms. The fourth-order valence-corrected chi connectivity index (χ4v) is 1.97. The van der Waals surface area contributed by atoms with Crippen LogP contribution in [0.4, 0.5) is 0 Å². The van der Waals surface area contributed by atoms with Crippen molar-refractivity contribution in [1.29, 1.82) is 0 Å². The maximum Gasteiger partial charge on any atom is 0.176 e. The normalized spacial score (nSPS) is 10.4. The Morgan fingerprint density at radius 3 is 1.56 bits per heavy atom. The van der Waals surface area contributed by atoms with Crippen molar-refractivity contribution in [3.63, 3.8) is 0 Å². The second-order valence-corrected chi connectivity index (χ2v) is 6.22. The van der Waals surface area contributed by atoms with Gasteiger partial charge >= 0.3 is 0 Å². The quantitative estimate of drug-likeness (QED) is 0.368. The summed E-state index contributed by atoms with van der Waals surface area (Å²) in [6, 6.07) is 12.5. The van der Waals surface area contributed by atoms with E-state index in [2.05, 4.69) is 44.2 Å². The second-order valence-electron chi connectivity index (χ2n) is 4.85. The number of halogens is 3. The molecule has 1 unspecified atom stereocenters. The predicted molar refractivity (Wildman–Crippen MR) is 111 cm³/mol. The highest BCUT2D eigenvalue weighted by atomic mass is 80.9. The molecule has 4 nitrogen and oxygen atoms in total. The van der Waals surface area contributed by atoms with Crippen molar-refractivity contribution in [3.8, 4) is 11.5 Å². The van der Waals surface area contributed by atoms with E-state index in [1.807, 2.05) is 6.92 Å². The molecule has 25 heavy (non-hydrogen) atoms. The lowest BCUT2D eigenvalue weighted by Crippen LogP contribution is -2.09. The Hall–Kier alpha value is -1.18. The van der Waals surface area contributed by atoms with E-state index in [-0.39, 0.29) is 27.9 Å². The number of carbonyl (C=O) groups excluding carboxylic acids is 2. The van der Waals surface area contributed by atoms with Crippen LogP contribution in [0.5, 0.6) is 11.5 Å². The van der Waals surface area contributed by atoms with E-state index in [1.54, 1.807) is 31.2 Å². The van der Waals surface area contributed by atoms with Crippen molar-refractivity contribution in [2.24, 2.45) is 0 Å². The third kappa shape index (κ3) is 9.18. The van der Waals surface area contributed by atoms with Gasteiger partial charge in [-0.2, -0.15) is 0 Å². The zero-order valence-electron chi connectivity index (χ0n) is 13.7. The maximum atomic E-state index is 11.3. The standard InChI is InChI=1S/C9H9BrO2.C9H10O2.Br2/c1-6(10)9(12)7-2-4-8(11)5-3-7;1-2-9(11)7-3-5-8(10)6-4-7;1-2/h2-6,11H,1H3;3-6,10H,2H2,1H3;. The highest BCUT2D eigenvalue weighted by Crippen LogP contribution is 2.14. The van der Waals surface area contributed by atoms with Crippen LogP contribution < -0.4 is 0 Å². The monoisotopic (exact) mass is 536 g/mol. The summed E-state index contributed by atoms with van der Waals surface area (Å²) in [5.41, 5.74) is 1.27. The minimum absolute atomic E-state index is 0.0231. The number of alkyl halides is 1. The van der Waals surface area contributed by atoms with Crippen LogP contribution in [-0.4, -0.2) is 26.6 Å². The molecule has 136 valence electrons. The van der Waals surface area contributed by atoms with Gasteiger partial charge in [0, 0.05) is 45.8 Å².